The van der Waals surface area contributed by atoms with Crippen molar-refractivity contribution in [3.05, 3.63) is 53.1 Å². The van der Waals surface area contributed by atoms with Crippen LogP contribution in [0.2, 0.25) is 0 Å². The number of nitrogens with zero attached hydrogens (tertiary/aromatic N) is 4. The smallest absolute Gasteiger partial charge is 0.442 e. The molecule has 0 N–H and O–H groups in total. The van der Waals surface area contributed by atoms with Gasteiger partial charge in [-0.1, -0.05) is 12.1 Å². The van der Waals surface area contributed by atoms with Gasteiger partial charge in [0.05, 0.1) is 40.5 Å². The van der Waals surface area contributed by atoms with Crippen molar-refractivity contribution >= 4 is 33.8 Å². The van der Waals surface area contributed by atoms with E-state index in [4.69, 9.17) is 14.2 Å². The Hall–Kier alpha value is -3.91. The lowest BCUT2D eigenvalue weighted by atomic mass is 10.1. The van der Waals surface area contributed by atoms with Crippen LogP contribution in [0.4, 0.5) is 10.5 Å². The number of hydrogen-bond acceptors (Lipinski definition) is 8. The van der Waals surface area contributed by atoms with Gasteiger partial charge in [0.1, 0.15) is 24.0 Å². The normalized spacial score (nSPS) is 12.3. The third-order valence-corrected chi connectivity index (χ3v) is 6.01. The highest BCUT2D eigenvalue weighted by Gasteiger charge is 2.19. The van der Waals surface area contributed by atoms with E-state index in [1.807, 2.05) is 6.07 Å². The Morgan fingerprint density at radius 2 is 1.86 bits per heavy atom. The van der Waals surface area contributed by atoms with Gasteiger partial charge in [0, 0.05) is 31.3 Å². The van der Waals surface area contributed by atoms with Gasteiger partial charge in [0.15, 0.2) is 0 Å². The zero-order valence-electron chi connectivity index (χ0n) is 20.3. The van der Waals surface area contributed by atoms with E-state index in [9.17, 15) is 19.1 Å². The van der Waals surface area contributed by atoms with Crippen LogP contribution in [0.5, 0.6) is 5.75 Å². The van der Waals surface area contributed by atoms with E-state index in [-0.39, 0.29) is 36.7 Å². The first-order chi connectivity index (χ1) is 16.6. The quantitative estimate of drug-likeness (QED) is 0.285. The highest BCUT2D eigenvalue weighted by molar-refractivity contribution is 7.93. The van der Waals surface area contributed by atoms with Crippen molar-refractivity contribution in [1.29, 1.82) is 5.26 Å². The summed E-state index contributed by atoms with van der Waals surface area (Å²) in [5.41, 5.74) is 1.21. The predicted molar refractivity (Wildman–Crippen MR) is 132 cm³/mol. The van der Waals surface area contributed by atoms with Gasteiger partial charge >= 0.3 is 12.1 Å². The number of esters is 1. The first-order valence-corrected chi connectivity index (χ1v) is 12.6. The lowest BCUT2D eigenvalue weighted by Gasteiger charge is -2.14. The number of ether oxygens (including phenoxy) is 3. The van der Waals surface area contributed by atoms with Crippen molar-refractivity contribution in [3.63, 3.8) is 0 Å². The summed E-state index contributed by atoms with van der Waals surface area (Å²) in [6, 6.07) is 11.5. The standard InChI is InChI=1S/C24H28N4O6S/c1-6-32-23(29)20-12-18(14-25)21(26-16-28(3)4)13-22(20)34-15-17-9-8-10-19(11-17)35(5,31)27-24(30)33-7-2/h8-13,16H,6-7,15H2,1-5H3. The lowest BCUT2D eigenvalue weighted by Crippen LogP contribution is -2.10. The summed E-state index contributed by atoms with van der Waals surface area (Å²) in [5, 5.41) is 9.52. The van der Waals surface area contributed by atoms with Gasteiger partial charge in [-0.25, -0.2) is 18.8 Å². The van der Waals surface area contributed by atoms with Crippen LogP contribution >= 0.6 is 0 Å². The van der Waals surface area contributed by atoms with Crippen molar-refractivity contribution in [2.24, 2.45) is 9.36 Å². The monoisotopic (exact) mass is 500 g/mol. The Kier molecular flexibility index (Phi) is 9.78. The van der Waals surface area contributed by atoms with Crippen molar-refractivity contribution in [3.8, 4) is 11.8 Å². The second kappa shape index (κ2) is 12.5. The second-order valence-corrected chi connectivity index (χ2v) is 9.69. The Labute approximate surface area is 205 Å². The number of benzene rings is 2. The molecule has 0 bridgehead atoms. The number of aliphatic imine (C=N–C) groups is 1. The maximum Gasteiger partial charge on any atom is 0.442 e. The Morgan fingerprint density at radius 1 is 1.14 bits per heavy atom. The van der Waals surface area contributed by atoms with Gasteiger partial charge in [-0.3, -0.25) is 0 Å². The summed E-state index contributed by atoms with van der Waals surface area (Å²) in [4.78, 5) is 30.5. The molecule has 0 radical (unpaired) electrons. The SMILES string of the molecule is CCOC(=O)N=S(C)(=O)c1cccc(COc2cc(N=CN(C)C)c(C#N)cc2C(=O)OCC)c1. The highest BCUT2D eigenvalue weighted by Crippen LogP contribution is 2.31. The van der Waals surface area contributed by atoms with Crippen LogP contribution in [0.25, 0.3) is 0 Å². The molecule has 0 aliphatic carbocycles. The molecule has 0 fully saturated rings. The van der Waals surface area contributed by atoms with Gasteiger partial charge in [-0.2, -0.15) is 5.26 Å². The third kappa shape index (κ3) is 7.82. The number of carbonyl (C=O) groups is 2. The topological polar surface area (TPSA) is 131 Å². The Balaban J connectivity index is 2.42. The third-order valence-electron chi connectivity index (χ3n) is 4.39. The summed E-state index contributed by atoms with van der Waals surface area (Å²) in [6.07, 6.45) is 1.97. The van der Waals surface area contributed by atoms with Crippen molar-refractivity contribution < 1.29 is 28.0 Å². The molecule has 2 aromatic rings. The summed E-state index contributed by atoms with van der Waals surface area (Å²) < 4.78 is 32.4. The summed E-state index contributed by atoms with van der Waals surface area (Å²) in [5.74, 6) is -0.465. The number of nitriles is 1. The minimum absolute atomic E-state index is 0.00208. The van der Waals surface area contributed by atoms with Gasteiger partial charge in [-0.05, 0) is 37.6 Å². The molecular weight excluding hydrogens is 472 g/mol. The molecule has 1 amide bonds. The minimum atomic E-state index is -3.04. The molecule has 0 heterocycles. The fraction of sp³-hybridized carbons (Fsp3) is 0.333. The molecule has 0 saturated carbocycles. The van der Waals surface area contributed by atoms with E-state index in [0.717, 1.165) is 0 Å². The maximum absolute atomic E-state index is 12.9. The number of carbonyl (C=O) groups excluding carboxylic acids is 2. The molecule has 11 heteroatoms. The summed E-state index contributed by atoms with van der Waals surface area (Å²) in [7, 11) is 0.533. The van der Waals surface area contributed by atoms with Crippen LogP contribution in [0.15, 0.2) is 50.6 Å². The van der Waals surface area contributed by atoms with Crippen LogP contribution in [-0.2, 0) is 25.8 Å². The molecule has 2 rings (SSSR count). The van der Waals surface area contributed by atoms with Gasteiger partial charge in [0.2, 0.25) is 0 Å². The first kappa shape index (κ1) is 27.3. The van der Waals surface area contributed by atoms with Gasteiger partial charge < -0.3 is 19.1 Å². The average Bonchev–Trinajstić information content (AvgIpc) is 2.81. The minimum Gasteiger partial charge on any atom is -0.488 e. The van der Waals surface area contributed by atoms with E-state index < -0.39 is 21.8 Å². The molecule has 10 nitrogen and oxygen atoms in total. The molecule has 0 saturated heterocycles. The van der Waals surface area contributed by atoms with Gasteiger partial charge in [-0.15, -0.1) is 4.36 Å². The Morgan fingerprint density at radius 3 is 2.49 bits per heavy atom. The van der Waals surface area contributed by atoms with Crippen LogP contribution in [-0.4, -0.2) is 61.1 Å². The molecule has 1 atom stereocenters. The fourth-order valence-corrected chi connectivity index (χ4v) is 3.95. The summed E-state index contributed by atoms with van der Waals surface area (Å²) >= 11 is 0. The molecule has 0 aliphatic heterocycles. The fourth-order valence-electron chi connectivity index (χ4n) is 2.81. The van der Waals surface area contributed by atoms with E-state index in [2.05, 4.69) is 9.36 Å². The maximum atomic E-state index is 12.9. The molecule has 186 valence electrons. The number of rotatable bonds is 9. The van der Waals surface area contributed by atoms with E-state index in [1.165, 1.54) is 24.7 Å². The molecule has 1 unspecified atom stereocenters. The second-order valence-electron chi connectivity index (χ2n) is 7.43. The zero-order chi connectivity index (χ0) is 26.0. The van der Waals surface area contributed by atoms with Gasteiger partial charge in [0.25, 0.3) is 0 Å². The lowest BCUT2D eigenvalue weighted by molar-refractivity contribution is 0.0521. The van der Waals surface area contributed by atoms with Crippen LogP contribution < -0.4 is 4.74 Å². The highest BCUT2D eigenvalue weighted by atomic mass is 32.2. The van der Waals surface area contributed by atoms with Crippen LogP contribution in [0.3, 0.4) is 0 Å². The molecule has 0 spiro atoms. The van der Waals surface area contributed by atoms with Crippen molar-refractivity contribution in [2.45, 2.75) is 25.3 Å². The zero-order valence-corrected chi connectivity index (χ0v) is 21.1. The van der Waals surface area contributed by atoms with E-state index in [1.54, 1.807) is 57.1 Å². The average molecular weight is 501 g/mol. The number of amides is 1. The molecular formula is C24H28N4O6S. The van der Waals surface area contributed by atoms with Crippen molar-refractivity contribution in [1.82, 2.24) is 4.90 Å². The van der Waals surface area contributed by atoms with E-state index in [0.29, 0.717) is 16.1 Å². The van der Waals surface area contributed by atoms with E-state index >= 15 is 0 Å². The summed E-state index contributed by atoms with van der Waals surface area (Å²) in [6.45, 7) is 3.58. The molecule has 35 heavy (non-hydrogen) atoms. The number of hydrogen-bond donors (Lipinski definition) is 0. The first-order valence-electron chi connectivity index (χ1n) is 10.7. The molecule has 2 aromatic carbocycles. The predicted octanol–water partition coefficient (Wildman–Crippen LogP) is 4.15. The van der Waals surface area contributed by atoms with Crippen molar-refractivity contribution in [2.75, 3.05) is 33.6 Å². The Bertz CT molecular complexity index is 1270. The largest absolute Gasteiger partial charge is 0.488 e. The molecule has 0 aromatic heterocycles. The van der Waals surface area contributed by atoms with Crippen LogP contribution in [0, 0.1) is 11.3 Å². The van der Waals surface area contributed by atoms with Crippen LogP contribution in [0.1, 0.15) is 35.3 Å². The molecule has 0 aliphatic rings.